The summed E-state index contributed by atoms with van der Waals surface area (Å²) >= 11 is 0. The molecule has 0 N–H and O–H groups in total. The van der Waals surface area contributed by atoms with Crippen molar-refractivity contribution in [3.05, 3.63) is 82.9 Å². The lowest BCUT2D eigenvalue weighted by Gasteiger charge is -2.47. The van der Waals surface area contributed by atoms with Crippen molar-refractivity contribution in [1.29, 1.82) is 0 Å². The van der Waals surface area contributed by atoms with Gasteiger partial charge in [-0.05, 0) is 37.1 Å². The minimum absolute atomic E-state index is 0.0638. The number of fused-ring (bicyclic) bond motifs is 1. The molecule has 0 saturated carbocycles. The van der Waals surface area contributed by atoms with Crippen LogP contribution in [0.3, 0.4) is 0 Å². The summed E-state index contributed by atoms with van der Waals surface area (Å²) in [5.41, 5.74) is 3.33. The van der Waals surface area contributed by atoms with Crippen LogP contribution >= 0.6 is 0 Å². The summed E-state index contributed by atoms with van der Waals surface area (Å²) < 4.78 is 15.8. The molecule has 6 nitrogen and oxygen atoms in total. The zero-order valence-electron chi connectivity index (χ0n) is 18.3. The number of nitrogens with zero attached hydrogens (tertiary/aromatic N) is 4. The van der Waals surface area contributed by atoms with E-state index in [1.807, 2.05) is 42.2 Å². The van der Waals surface area contributed by atoms with Crippen LogP contribution < -0.4 is 0 Å². The quantitative estimate of drug-likeness (QED) is 0.626. The number of benzene rings is 2. The van der Waals surface area contributed by atoms with Gasteiger partial charge in [-0.25, -0.2) is 9.07 Å². The number of hydrogen-bond donors (Lipinski definition) is 0. The standard InChI is InChI=1S/C25H25FN4O2/c1-15(2)22-21-16(3)27-30(17-9-5-4-6-10-17)23(21)25(32)29(22)18-13-28(14-18)24(31)19-11-7-8-12-20(19)26/h4-12,15,18,22H,13-14H2,1-3H3. The fourth-order valence-electron chi connectivity index (χ4n) is 4.89. The first-order valence-electron chi connectivity index (χ1n) is 10.9. The lowest BCUT2D eigenvalue weighted by molar-refractivity contribution is 0.00807. The summed E-state index contributed by atoms with van der Waals surface area (Å²) in [5, 5.41) is 4.68. The van der Waals surface area contributed by atoms with Crippen molar-refractivity contribution in [2.45, 2.75) is 32.9 Å². The van der Waals surface area contributed by atoms with E-state index in [4.69, 9.17) is 0 Å². The number of aryl methyl sites for hydroxylation is 1. The van der Waals surface area contributed by atoms with Gasteiger partial charge in [-0.1, -0.05) is 44.2 Å². The summed E-state index contributed by atoms with van der Waals surface area (Å²) in [6.45, 7) is 6.92. The Morgan fingerprint density at radius 3 is 2.38 bits per heavy atom. The van der Waals surface area contributed by atoms with E-state index in [1.165, 1.54) is 12.1 Å². The van der Waals surface area contributed by atoms with Gasteiger partial charge in [-0.3, -0.25) is 9.59 Å². The van der Waals surface area contributed by atoms with Gasteiger partial charge in [0.15, 0.2) is 0 Å². The highest BCUT2D eigenvalue weighted by molar-refractivity contribution is 5.99. The molecule has 0 radical (unpaired) electrons. The minimum Gasteiger partial charge on any atom is -0.334 e. The van der Waals surface area contributed by atoms with Crippen molar-refractivity contribution in [3.63, 3.8) is 0 Å². The van der Waals surface area contributed by atoms with Gasteiger partial charge in [-0.15, -0.1) is 0 Å². The first-order chi connectivity index (χ1) is 15.4. The number of carbonyl (C=O) groups excluding carboxylic acids is 2. The second-order valence-corrected chi connectivity index (χ2v) is 8.84. The molecule has 32 heavy (non-hydrogen) atoms. The van der Waals surface area contributed by atoms with Crippen LogP contribution in [0.25, 0.3) is 5.69 Å². The zero-order valence-corrected chi connectivity index (χ0v) is 18.3. The van der Waals surface area contributed by atoms with E-state index in [2.05, 4.69) is 18.9 Å². The number of likely N-dealkylation sites (tertiary alicyclic amines) is 1. The summed E-state index contributed by atoms with van der Waals surface area (Å²) in [7, 11) is 0. The molecule has 1 saturated heterocycles. The Balaban J connectivity index is 1.44. The molecule has 1 aromatic heterocycles. The van der Waals surface area contributed by atoms with Gasteiger partial charge in [-0.2, -0.15) is 5.10 Å². The third kappa shape index (κ3) is 3.03. The van der Waals surface area contributed by atoms with Crippen molar-refractivity contribution in [2.75, 3.05) is 13.1 Å². The van der Waals surface area contributed by atoms with E-state index >= 15 is 0 Å². The molecule has 2 aliphatic heterocycles. The maximum Gasteiger partial charge on any atom is 0.273 e. The SMILES string of the molecule is Cc1nn(-c2ccccc2)c2c1C(C(C)C)N(C1CN(C(=O)c3ccccc3F)C1)C2=O. The zero-order chi connectivity index (χ0) is 22.6. The Morgan fingerprint density at radius 2 is 1.72 bits per heavy atom. The predicted molar refractivity (Wildman–Crippen MR) is 118 cm³/mol. The molecular formula is C25H25FN4O2. The third-order valence-corrected chi connectivity index (χ3v) is 6.42. The molecule has 7 heteroatoms. The number of hydrogen-bond acceptors (Lipinski definition) is 3. The number of carbonyl (C=O) groups is 2. The summed E-state index contributed by atoms with van der Waals surface area (Å²) in [5.74, 6) is -0.740. The van der Waals surface area contributed by atoms with Crippen LogP contribution in [0, 0.1) is 18.7 Å². The minimum atomic E-state index is -0.524. The Hall–Kier alpha value is -3.48. The molecule has 164 valence electrons. The summed E-state index contributed by atoms with van der Waals surface area (Å²) in [6.07, 6.45) is 0. The smallest absolute Gasteiger partial charge is 0.273 e. The van der Waals surface area contributed by atoms with Gasteiger partial charge in [0, 0.05) is 18.7 Å². The van der Waals surface area contributed by atoms with E-state index in [1.54, 1.807) is 21.7 Å². The molecule has 1 fully saturated rings. The molecule has 0 aliphatic carbocycles. The monoisotopic (exact) mass is 432 g/mol. The highest BCUT2D eigenvalue weighted by atomic mass is 19.1. The number of rotatable bonds is 4. The first kappa shape index (κ1) is 20.4. The summed E-state index contributed by atoms with van der Waals surface area (Å²) in [6, 6.07) is 15.4. The molecule has 0 bridgehead atoms. The van der Waals surface area contributed by atoms with Gasteiger partial charge in [0.1, 0.15) is 11.5 Å². The largest absolute Gasteiger partial charge is 0.334 e. The van der Waals surface area contributed by atoms with Crippen molar-refractivity contribution < 1.29 is 14.0 Å². The summed E-state index contributed by atoms with van der Waals surface area (Å²) in [4.78, 5) is 29.9. The fraction of sp³-hybridized carbons (Fsp3) is 0.320. The van der Waals surface area contributed by atoms with Crippen LogP contribution in [0.15, 0.2) is 54.6 Å². The molecule has 1 atom stereocenters. The van der Waals surface area contributed by atoms with Crippen LogP contribution in [0.1, 0.15) is 52.0 Å². The second kappa shape index (κ2) is 7.58. The molecule has 0 spiro atoms. The van der Waals surface area contributed by atoms with E-state index in [-0.39, 0.29) is 35.4 Å². The Bertz CT molecular complexity index is 1200. The van der Waals surface area contributed by atoms with Crippen LogP contribution in [0.5, 0.6) is 0 Å². The third-order valence-electron chi connectivity index (χ3n) is 6.42. The highest BCUT2D eigenvalue weighted by Crippen LogP contribution is 2.43. The van der Waals surface area contributed by atoms with Gasteiger partial charge in [0.2, 0.25) is 0 Å². The van der Waals surface area contributed by atoms with Crippen molar-refractivity contribution in [2.24, 2.45) is 5.92 Å². The van der Waals surface area contributed by atoms with E-state index in [9.17, 15) is 14.0 Å². The topological polar surface area (TPSA) is 58.4 Å². The normalized spacial score (nSPS) is 18.3. The van der Waals surface area contributed by atoms with E-state index in [0.29, 0.717) is 18.8 Å². The van der Waals surface area contributed by atoms with Gasteiger partial charge in [0.25, 0.3) is 11.8 Å². The second-order valence-electron chi connectivity index (χ2n) is 8.84. The van der Waals surface area contributed by atoms with E-state index in [0.717, 1.165) is 16.9 Å². The molecule has 3 heterocycles. The Kier molecular flexibility index (Phi) is 4.84. The van der Waals surface area contributed by atoms with Gasteiger partial charge >= 0.3 is 0 Å². The Labute approximate surface area is 186 Å². The van der Waals surface area contributed by atoms with Crippen molar-refractivity contribution in [1.82, 2.24) is 19.6 Å². The molecule has 1 unspecified atom stereocenters. The van der Waals surface area contributed by atoms with Crippen LogP contribution in [-0.4, -0.2) is 50.5 Å². The fourth-order valence-corrected chi connectivity index (χ4v) is 4.89. The lowest BCUT2D eigenvalue weighted by atomic mass is 9.94. The van der Waals surface area contributed by atoms with Crippen LogP contribution in [0.2, 0.25) is 0 Å². The van der Waals surface area contributed by atoms with Gasteiger partial charge in [0.05, 0.1) is 29.0 Å². The molecule has 2 aromatic carbocycles. The predicted octanol–water partition coefficient (Wildman–Crippen LogP) is 4.00. The number of amides is 2. The molecule has 5 rings (SSSR count). The molecule has 2 aliphatic rings. The number of aromatic nitrogens is 2. The average molecular weight is 432 g/mol. The van der Waals surface area contributed by atoms with Gasteiger partial charge < -0.3 is 9.80 Å². The highest BCUT2D eigenvalue weighted by Gasteiger charge is 2.50. The maximum atomic E-state index is 14.1. The average Bonchev–Trinajstić information content (AvgIpc) is 3.24. The van der Waals surface area contributed by atoms with Crippen molar-refractivity contribution in [3.8, 4) is 5.69 Å². The van der Waals surface area contributed by atoms with Crippen LogP contribution in [-0.2, 0) is 0 Å². The molecule has 2 amide bonds. The molecule has 3 aromatic rings. The number of halogens is 1. The van der Waals surface area contributed by atoms with E-state index < -0.39 is 5.82 Å². The Morgan fingerprint density at radius 1 is 1.06 bits per heavy atom. The number of para-hydroxylation sites is 1. The maximum absolute atomic E-state index is 14.1. The molecular weight excluding hydrogens is 407 g/mol. The lowest BCUT2D eigenvalue weighted by Crippen LogP contribution is -2.62. The van der Waals surface area contributed by atoms with Crippen molar-refractivity contribution >= 4 is 11.8 Å². The first-order valence-corrected chi connectivity index (χ1v) is 10.9. The van der Waals surface area contributed by atoms with Crippen LogP contribution in [0.4, 0.5) is 4.39 Å².